The Kier molecular flexibility index (Phi) is 4.46. The molecule has 0 aliphatic rings. The van der Waals surface area contributed by atoms with Crippen molar-refractivity contribution in [2.24, 2.45) is 0 Å². The minimum Gasteiger partial charge on any atom is -0.264 e. The van der Waals surface area contributed by atoms with Crippen molar-refractivity contribution in [1.29, 1.82) is 0 Å². The van der Waals surface area contributed by atoms with Gasteiger partial charge in [0.25, 0.3) is 0 Å². The second-order valence-corrected chi connectivity index (χ2v) is 4.93. The first-order chi connectivity index (χ1) is 9.84. The first-order valence-corrected chi connectivity index (χ1v) is 6.77. The zero-order valence-corrected chi connectivity index (χ0v) is 12.3. The maximum Gasteiger partial charge on any atom is 0.417 e. The molecule has 0 aliphatic heterocycles. The van der Waals surface area contributed by atoms with Gasteiger partial charge in [0.05, 0.1) is 11.3 Å². The lowest BCUT2D eigenvalue weighted by molar-refractivity contribution is -0.137. The van der Waals surface area contributed by atoms with Crippen LogP contribution in [0.3, 0.4) is 0 Å². The second kappa shape index (κ2) is 5.97. The Balaban J connectivity index is 2.67. The number of alkyl halides is 3. The summed E-state index contributed by atoms with van der Waals surface area (Å²) in [5, 5.41) is 0.167. The molecule has 0 radical (unpaired) electrons. The van der Waals surface area contributed by atoms with Gasteiger partial charge in [0.2, 0.25) is 0 Å². The highest BCUT2D eigenvalue weighted by Gasteiger charge is 2.34. The fourth-order valence-electron chi connectivity index (χ4n) is 1.96. The van der Waals surface area contributed by atoms with Crippen LogP contribution in [0.5, 0.6) is 0 Å². The largest absolute Gasteiger partial charge is 0.417 e. The standard InChI is InChI=1S/C14H13ClF3N3/c1-3-4-11-20-12(8(2)13(15)21-11)9-7-19-6-5-10(9)14(16,17)18/h5-7H,3-4H2,1-2H3. The zero-order valence-electron chi connectivity index (χ0n) is 11.5. The van der Waals surface area contributed by atoms with Crippen molar-refractivity contribution in [2.45, 2.75) is 32.9 Å². The summed E-state index contributed by atoms with van der Waals surface area (Å²) >= 11 is 6.02. The van der Waals surface area contributed by atoms with E-state index in [0.29, 0.717) is 17.8 Å². The molecule has 21 heavy (non-hydrogen) atoms. The van der Waals surface area contributed by atoms with Crippen LogP contribution in [0.1, 0.15) is 30.3 Å². The van der Waals surface area contributed by atoms with Gasteiger partial charge >= 0.3 is 6.18 Å². The summed E-state index contributed by atoms with van der Waals surface area (Å²) in [6.45, 7) is 3.53. The number of aromatic nitrogens is 3. The molecule has 2 aromatic rings. The van der Waals surface area contributed by atoms with E-state index < -0.39 is 11.7 Å². The van der Waals surface area contributed by atoms with E-state index in [1.807, 2.05) is 6.92 Å². The number of hydrogen-bond donors (Lipinski definition) is 0. The van der Waals surface area contributed by atoms with Crippen molar-refractivity contribution in [1.82, 2.24) is 15.0 Å². The molecular weight excluding hydrogens is 303 g/mol. The first-order valence-electron chi connectivity index (χ1n) is 6.39. The van der Waals surface area contributed by atoms with Crippen LogP contribution < -0.4 is 0 Å². The van der Waals surface area contributed by atoms with Crippen molar-refractivity contribution in [2.75, 3.05) is 0 Å². The SMILES string of the molecule is CCCc1nc(Cl)c(C)c(-c2cnccc2C(F)(F)F)n1. The van der Waals surface area contributed by atoms with Gasteiger partial charge in [-0.25, -0.2) is 9.97 Å². The summed E-state index contributed by atoms with van der Waals surface area (Å²) in [7, 11) is 0. The Labute approximate surface area is 125 Å². The molecule has 0 unspecified atom stereocenters. The third-order valence-electron chi connectivity index (χ3n) is 2.99. The predicted octanol–water partition coefficient (Wildman–Crippen LogP) is 4.47. The van der Waals surface area contributed by atoms with E-state index in [1.165, 1.54) is 0 Å². The molecule has 2 heterocycles. The van der Waals surface area contributed by atoms with Gasteiger partial charge in [-0.1, -0.05) is 18.5 Å². The summed E-state index contributed by atoms with van der Waals surface area (Å²) in [6, 6.07) is 0.935. The summed E-state index contributed by atoms with van der Waals surface area (Å²) < 4.78 is 39.3. The smallest absolute Gasteiger partial charge is 0.264 e. The fraction of sp³-hybridized carbons (Fsp3) is 0.357. The second-order valence-electron chi connectivity index (χ2n) is 4.57. The van der Waals surface area contributed by atoms with E-state index in [9.17, 15) is 13.2 Å². The lowest BCUT2D eigenvalue weighted by Gasteiger charge is -2.14. The number of halogens is 4. The molecular formula is C14H13ClF3N3. The molecule has 3 nitrogen and oxygen atoms in total. The van der Waals surface area contributed by atoms with Gasteiger partial charge in [0.1, 0.15) is 11.0 Å². The van der Waals surface area contributed by atoms with E-state index in [1.54, 1.807) is 6.92 Å². The Bertz CT molecular complexity index is 656. The third kappa shape index (κ3) is 3.32. The highest BCUT2D eigenvalue weighted by molar-refractivity contribution is 6.30. The molecule has 0 N–H and O–H groups in total. The molecule has 0 amide bonds. The van der Waals surface area contributed by atoms with Crippen molar-refractivity contribution in [3.8, 4) is 11.3 Å². The monoisotopic (exact) mass is 315 g/mol. The normalized spacial score (nSPS) is 11.7. The van der Waals surface area contributed by atoms with Gasteiger partial charge < -0.3 is 0 Å². The fourth-order valence-corrected chi connectivity index (χ4v) is 2.15. The predicted molar refractivity (Wildman–Crippen MR) is 74.0 cm³/mol. The van der Waals surface area contributed by atoms with Crippen LogP contribution in [-0.4, -0.2) is 15.0 Å². The van der Waals surface area contributed by atoms with Crippen LogP contribution in [0.2, 0.25) is 5.15 Å². The van der Waals surface area contributed by atoms with E-state index in [2.05, 4.69) is 15.0 Å². The molecule has 112 valence electrons. The molecule has 2 aromatic heterocycles. The van der Waals surface area contributed by atoms with Crippen LogP contribution in [0.15, 0.2) is 18.5 Å². The third-order valence-corrected chi connectivity index (χ3v) is 3.36. The maximum atomic E-state index is 13.1. The van der Waals surface area contributed by atoms with Crippen molar-refractivity contribution in [3.63, 3.8) is 0 Å². The van der Waals surface area contributed by atoms with Crippen LogP contribution in [0, 0.1) is 6.92 Å². The summed E-state index contributed by atoms with van der Waals surface area (Å²) in [5.74, 6) is 0.431. The maximum absolute atomic E-state index is 13.1. The molecule has 0 saturated heterocycles. The average molecular weight is 316 g/mol. The first kappa shape index (κ1) is 15.7. The van der Waals surface area contributed by atoms with Gasteiger partial charge in [-0.3, -0.25) is 4.98 Å². The Morgan fingerprint density at radius 3 is 2.57 bits per heavy atom. The molecule has 0 aliphatic carbocycles. The summed E-state index contributed by atoms with van der Waals surface area (Å²) in [4.78, 5) is 12.1. The van der Waals surface area contributed by atoms with E-state index in [-0.39, 0.29) is 16.4 Å². The van der Waals surface area contributed by atoms with E-state index >= 15 is 0 Å². The molecule has 0 atom stereocenters. The van der Waals surface area contributed by atoms with Crippen LogP contribution in [-0.2, 0) is 12.6 Å². The highest BCUT2D eigenvalue weighted by atomic mass is 35.5. The van der Waals surface area contributed by atoms with Gasteiger partial charge in [-0.2, -0.15) is 13.2 Å². The molecule has 0 saturated carbocycles. The molecule has 0 aromatic carbocycles. The quantitative estimate of drug-likeness (QED) is 0.784. The number of hydrogen-bond acceptors (Lipinski definition) is 3. The van der Waals surface area contributed by atoms with E-state index in [4.69, 9.17) is 11.6 Å². The van der Waals surface area contributed by atoms with Gasteiger partial charge in [0, 0.05) is 29.9 Å². The Hall–Kier alpha value is -1.69. The molecule has 0 fully saturated rings. The Morgan fingerprint density at radius 2 is 1.95 bits per heavy atom. The Morgan fingerprint density at radius 1 is 1.24 bits per heavy atom. The minimum absolute atomic E-state index is 0.0795. The highest BCUT2D eigenvalue weighted by Crippen LogP contribution is 2.37. The molecule has 7 heteroatoms. The van der Waals surface area contributed by atoms with Crippen molar-refractivity contribution < 1.29 is 13.2 Å². The lowest BCUT2D eigenvalue weighted by atomic mass is 10.0. The van der Waals surface area contributed by atoms with Crippen LogP contribution in [0.25, 0.3) is 11.3 Å². The number of aryl methyl sites for hydroxylation is 1. The average Bonchev–Trinajstić information content (AvgIpc) is 2.42. The zero-order chi connectivity index (χ0) is 15.6. The van der Waals surface area contributed by atoms with Gasteiger partial charge in [0.15, 0.2) is 0 Å². The number of pyridine rings is 1. The molecule has 0 bridgehead atoms. The number of rotatable bonds is 3. The topological polar surface area (TPSA) is 38.7 Å². The molecule has 0 spiro atoms. The summed E-state index contributed by atoms with van der Waals surface area (Å²) in [6.07, 6.45) is -0.888. The number of nitrogens with zero attached hydrogens (tertiary/aromatic N) is 3. The lowest BCUT2D eigenvalue weighted by Crippen LogP contribution is -2.09. The summed E-state index contributed by atoms with van der Waals surface area (Å²) in [5.41, 5.74) is -0.268. The minimum atomic E-state index is -4.48. The van der Waals surface area contributed by atoms with Gasteiger partial charge in [-0.15, -0.1) is 0 Å². The van der Waals surface area contributed by atoms with Gasteiger partial charge in [-0.05, 0) is 19.4 Å². The van der Waals surface area contributed by atoms with E-state index in [0.717, 1.165) is 24.9 Å². The van der Waals surface area contributed by atoms with Crippen molar-refractivity contribution >= 4 is 11.6 Å². The van der Waals surface area contributed by atoms with Crippen LogP contribution in [0.4, 0.5) is 13.2 Å². The molecule has 2 rings (SSSR count). The van der Waals surface area contributed by atoms with Crippen molar-refractivity contribution in [3.05, 3.63) is 40.6 Å². The van der Waals surface area contributed by atoms with Crippen LogP contribution >= 0.6 is 11.6 Å².